The first-order chi connectivity index (χ1) is 10.1. The van der Waals surface area contributed by atoms with Crippen LogP contribution >= 0.6 is 11.3 Å². The molecule has 0 bridgehead atoms. The number of Topliss-reactive ketones (excluding diaryl/α,β-unsaturated/α-hetero) is 1. The van der Waals surface area contributed by atoms with Crippen LogP contribution < -0.4 is 10.4 Å². The summed E-state index contributed by atoms with van der Waals surface area (Å²) in [5, 5.41) is 14.8. The number of hydrogen-bond acceptors (Lipinski definition) is 4. The van der Waals surface area contributed by atoms with Gasteiger partial charge >= 0.3 is 0 Å². The molecule has 0 saturated carbocycles. The maximum Gasteiger partial charge on any atom is 0.169 e. The lowest BCUT2D eigenvalue weighted by Crippen LogP contribution is -2.92. The van der Waals surface area contributed by atoms with Crippen molar-refractivity contribution in [3.8, 4) is 0 Å². The first kappa shape index (κ1) is 15.4. The van der Waals surface area contributed by atoms with Crippen LogP contribution in [0.3, 0.4) is 0 Å². The molecule has 0 radical (unpaired) electrons. The van der Waals surface area contributed by atoms with Gasteiger partial charge in [0.2, 0.25) is 0 Å². The molecule has 0 aliphatic heterocycles. The van der Waals surface area contributed by atoms with E-state index in [9.17, 15) is 14.7 Å². The maximum atomic E-state index is 12.1. The molecule has 1 atom stereocenters. The van der Waals surface area contributed by atoms with E-state index < -0.39 is 12.0 Å². The van der Waals surface area contributed by atoms with Crippen LogP contribution in [-0.2, 0) is 11.3 Å². The molecule has 0 amide bonds. The van der Waals surface area contributed by atoms with E-state index in [4.69, 9.17) is 0 Å². The average Bonchev–Trinajstić information content (AvgIpc) is 2.96. The summed E-state index contributed by atoms with van der Waals surface area (Å²) in [7, 11) is 0. The SMILES string of the molecule is Cc1ccc(C(=O)C[C@@H]([NH2+]Cc2cccs2)C(=O)[O-])cc1. The summed E-state index contributed by atoms with van der Waals surface area (Å²) in [5.74, 6) is -1.38. The molecule has 0 unspecified atom stereocenters. The Bertz CT molecular complexity index is 605. The standard InChI is InChI=1S/C16H17NO3S/c1-11-4-6-12(7-5-11)15(18)9-14(16(19)20)17-10-13-3-2-8-21-13/h2-8,14,17H,9-10H2,1H3,(H,19,20)/t14-/m1/s1. The van der Waals surface area contributed by atoms with Gasteiger partial charge in [0, 0.05) is 5.56 Å². The zero-order valence-corrected chi connectivity index (χ0v) is 12.6. The number of rotatable bonds is 7. The van der Waals surface area contributed by atoms with Gasteiger partial charge in [-0.1, -0.05) is 35.9 Å². The Hall–Kier alpha value is -1.98. The number of carboxylic acid groups (broad SMARTS) is 1. The van der Waals surface area contributed by atoms with E-state index in [1.807, 2.05) is 36.6 Å². The summed E-state index contributed by atoms with van der Waals surface area (Å²) >= 11 is 1.56. The highest BCUT2D eigenvalue weighted by Crippen LogP contribution is 2.08. The fourth-order valence-corrected chi connectivity index (χ4v) is 2.69. The molecule has 0 aliphatic rings. The molecule has 0 spiro atoms. The lowest BCUT2D eigenvalue weighted by Gasteiger charge is -2.15. The highest BCUT2D eigenvalue weighted by molar-refractivity contribution is 7.09. The van der Waals surface area contributed by atoms with Gasteiger partial charge in [0.25, 0.3) is 0 Å². The van der Waals surface area contributed by atoms with Gasteiger partial charge in [-0.2, -0.15) is 0 Å². The first-order valence-electron chi connectivity index (χ1n) is 6.72. The van der Waals surface area contributed by atoms with Crippen molar-refractivity contribution in [2.75, 3.05) is 0 Å². The summed E-state index contributed by atoms with van der Waals surface area (Å²) in [6.07, 6.45) is -0.0588. The molecule has 5 heteroatoms. The van der Waals surface area contributed by atoms with Crippen molar-refractivity contribution in [3.63, 3.8) is 0 Å². The van der Waals surface area contributed by atoms with E-state index in [0.717, 1.165) is 10.4 Å². The molecule has 1 aromatic carbocycles. The van der Waals surface area contributed by atoms with Crippen LogP contribution in [0.5, 0.6) is 0 Å². The molecule has 2 aromatic rings. The van der Waals surface area contributed by atoms with E-state index in [0.29, 0.717) is 12.1 Å². The molecule has 0 saturated heterocycles. The molecular formula is C16H17NO3S. The number of aliphatic carboxylic acids is 1. The molecule has 1 heterocycles. The van der Waals surface area contributed by atoms with Crippen molar-refractivity contribution in [3.05, 3.63) is 57.8 Å². The first-order valence-corrected chi connectivity index (χ1v) is 7.60. The Balaban J connectivity index is 1.97. The number of carbonyl (C=O) groups is 2. The van der Waals surface area contributed by atoms with Gasteiger partial charge in [-0.25, -0.2) is 0 Å². The second-order valence-corrected chi connectivity index (χ2v) is 5.97. The number of ketones is 1. The van der Waals surface area contributed by atoms with Gasteiger partial charge in [-0.3, -0.25) is 4.79 Å². The fraction of sp³-hybridized carbons (Fsp3) is 0.250. The van der Waals surface area contributed by atoms with Gasteiger partial charge in [-0.15, -0.1) is 11.3 Å². The minimum Gasteiger partial charge on any atom is -0.544 e. The number of thiophene rings is 1. The normalized spacial score (nSPS) is 12.0. The largest absolute Gasteiger partial charge is 0.544 e. The van der Waals surface area contributed by atoms with Gasteiger partial charge < -0.3 is 15.2 Å². The highest BCUT2D eigenvalue weighted by atomic mass is 32.1. The predicted molar refractivity (Wildman–Crippen MR) is 78.9 cm³/mol. The quantitative estimate of drug-likeness (QED) is 0.758. The lowest BCUT2D eigenvalue weighted by atomic mass is 10.0. The van der Waals surface area contributed by atoms with Crippen LogP contribution in [0, 0.1) is 6.92 Å². The minimum absolute atomic E-state index is 0.0588. The number of carbonyl (C=O) groups excluding carboxylic acids is 2. The van der Waals surface area contributed by atoms with Crippen molar-refractivity contribution in [1.82, 2.24) is 0 Å². The van der Waals surface area contributed by atoms with Crippen molar-refractivity contribution < 1.29 is 20.0 Å². The number of hydrogen-bond donors (Lipinski definition) is 1. The van der Waals surface area contributed by atoms with Gasteiger partial charge in [0.15, 0.2) is 5.78 Å². The van der Waals surface area contributed by atoms with E-state index in [1.165, 1.54) is 0 Å². The number of carboxylic acids is 1. The Morgan fingerprint density at radius 2 is 1.95 bits per heavy atom. The van der Waals surface area contributed by atoms with Crippen molar-refractivity contribution >= 4 is 23.1 Å². The Morgan fingerprint density at radius 3 is 2.52 bits per heavy atom. The molecule has 2 N–H and O–H groups in total. The van der Waals surface area contributed by atoms with Crippen molar-refractivity contribution in [1.29, 1.82) is 0 Å². The van der Waals surface area contributed by atoms with Gasteiger partial charge in [0.05, 0.1) is 17.3 Å². The van der Waals surface area contributed by atoms with Crippen LogP contribution in [0.15, 0.2) is 41.8 Å². The fourth-order valence-electron chi connectivity index (χ4n) is 2.01. The van der Waals surface area contributed by atoms with E-state index >= 15 is 0 Å². The number of benzene rings is 1. The molecule has 21 heavy (non-hydrogen) atoms. The monoisotopic (exact) mass is 303 g/mol. The second-order valence-electron chi connectivity index (χ2n) is 4.94. The van der Waals surface area contributed by atoms with E-state index in [2.05, 4.69) is 0 Å². The maximum absolute atomic E-state index is 12.1. The topological polar surface area (TPSA) is 73.8 Å². The molecule has 2 rings (SSSR count). The zero-order chi connectivity index (χ0) is 15.2. The number of quaternary nitrogens is 1. The molecular weight excluding hydrogens is 286 g/mol. The number of nitrogens with two attached hydrogens (primary N) is 1. The van der Waals surface area contributed by atoms with Crippen molar-refractivity contribution in [2.24, 2.45) is 0 Å². The molecule has 1 aromatic heterocycles. The third kappa shape index (κ3) is 4.51. The lowest BCUT2D eigenvalue weighted by molar-refractivity contribution is -0.696. The average molecular weight is 303 g/mol. The Labute approximate surface area is 127 Å². The summed E-state index contributed by atoms with van der Waals surface area (Å²) in [5.41, 5.74) is 1.60. The summed E-state index contributed by atoms with van der Waals surface area (Å²) in [6.45, 7) is 2.48. The third-order valence-corrected chi connectivity index (χ3v) is 4.16. The molecule has 0 fully saturated rings. The molecule has 4 nitrogen and oxygen atoms in total. The Morgan fingerprint density at radius 1 is 1.24 bits per heavy atom. The Kier molecular flexibility index (Phi) is 5.25. The third-order valence-electron chi connectivity index (χ3n) is 3.27. The minimum atomic E-state index is -1.20. The van der Waals surface area contributed by atoms with E-state index in [1.54, 1.807) is 28.8 Å². The van der Waals surface area contributed by atoms with E-state index in [-0.39, 0.29) is 12.2 Å². The van der Waals surface area contributed by atoms with Crippen LogP contribution in [0.25, 0.3) is 0 Å². The summed E-state index contributed by atoms with van der Waals surface area (Å²) < 4.78 is 0. The van der Waals surface area contributed by atoms with Gasteiger partial charge in [-0.05, 0) is 18.4 Å². The number of aryl methyl sites for hydroxylation is 1. The molecule has 0 aliphatic carbocycles. The van der Waals surface area contributed by atoms with Crippen molar-refractivity contribution in [2.45, 2.75) is 25.9 Å². The highest BCUT2D eigenvalue weighted by Gasteiger charge is 2.19. The summed E-state index contributed by atoms with van der Waals surface area (Å²) in [4.78, 5) is 24.4. The predicted octanol–water partition coefficient (Wildman–Crippen LogP) is 0.511. The van der Waals surface area contributed by atoms with Gasteiger partial charge in [0.1, 0.15) is 12.6 Å². The van der Waals surface area contributed by atoms with Crippen LogP contribution in [0.2, 0.25) is 0 Å². The second kappa shape index (κ2) is 7.15. The van der Waals surface area contributed by atoms with Crippen LogP contribution in [0.4, 0.5) is 0 Å². The summed E-state index contributed by atoms with van der Waals surface area (Å²) in [6, 6.07) is 10.1. The zero-order valence-electron chi connectivity index (χ0n) is 11.7. The van der Waals surface area contributed by atoms with Crippen LogP contribution in [-0.4, -0.2) is 17.8 Å². The smallest absolute Gasteiger partial charge is 0.169 e. The van der Waals surface area contributed by atoms with Crippen LogP contribution in [0.1, 0.15) is 27.2 Å². The molecule has 110 valence electrons.